The normalized spacial score (nSPS) is 26.6. The van der Waals surface area contributed by atoms with E-state index in [1.807, 2.05) is 0 Å². The highest BCUT2D eigenvalue weighted by Gasteiger charge is 2.48. The van der Waals surface area contributed by atoms with Crippen molar-refractivity contribution < 1.29 is 14.7 Å². The fraction of sp³-hybridized carbons (Fsp3) is 0.722. The molecular weight excluding hydrogens is 306 g/mol. The number of hydrogen-bond donors (Lipinski definition) is 1. The van der Waals surface area contributed by atoms with E-state index in [1.54, 1.807) is 21.8 Å². The van der Waals surface area contributed by atoms with Crippen LogP contribution in [0.5, 0.6) is 0 Å². The SMILES string of the molecule is CCC(CC)n1nccc1C(=O)N1[C@@H]2CCCC[C@H]2C[C@H]1C(=O)O. The fourth-order valence-corrected chi connectivity index (χ4v) is 4.51. The molecule has 24 heavy (non-hydrogen) atoms. The zero-order chi connectivity index (χ0) is 17.3. The second-order valence-corrected chi connectivity index (χ2v) is 7.05. The van der Waals surface area contributed by atoms with Gasteiger partial charge in [-0.2, -0.15) is 5.10 Å². The molecule has 1 N–H and O–H groups in total. The van der Waals surface area contributed by atoms with Gasteiger partial charge in [-0.05, 0) is 44.1 Å². The average Bonchev–Trinajstić information content (AvgIpc) is 3.20. The zero-order valence-electron chi connectivity index (χ0n) is 14.5. The smallest absolute Gasteiger partial charge is 0.326 e. The summed E-state index contributed by atoms with van der Waals surface area (Å²) < 4.78 is 1.79. The van der Waals surface area contributed by atoms with Crippen molar-refractivity contribution in [2.45, 2.75) is 76.9 Å². The number of carbonyl (C=O) groups excluding carboxylic acids is 1. The highest BCUT2D eigenvalue weighted by Crippen LogP contribution is 2.40. The largest absolute Gasteiger partial charge is 0.480 e. The van der Waals surface area contributed by atoms with Crippen LogP contribution in [0.3, 0.4) is 0 Å². The number of aliphatic carboxylic acids is 1. The minimum atomic E-state index is -0.883. The Kier molecular flexibility index (Phi) is 4.92. The highest BCUT2D eigenvalue weighted by molar-refractivity contribution is 5.96. The topological polar surface area (TPSA) is 75.4 Å². The maximum absolute atomic E-state index is 13.2. The molecule has 1 aromatic rings. The molecule has 3 rings (SSSR count). The van der Waals surface area contributed by atoms with Gasteiger partial charge in [-0.15, -0.1) is 0 Å². The van der Waals surface area contributed by atoms with Crippen molar-refractivity contribution in [3.05, 3.63) is 18.0 Å². The third-order valence-electron chi connectivity index (χ3n) is 5.79. The van der Waals surface area contributed by atoms with Crippen LogP contribution in [0.1, 0.15) is 75.3 Å². The molecule has 1 saturated heterocycles. The van der Waals surface area contributed by atoms with Crippen molar-refractivity contribution in [2.75, 3.05) is 0 Å². The van der Waals surface area contributed by atoms with Crippen LogP contribution >= 0.6 is 0 Å². The second-order valence-electron chi connectivity index (χ2n) is 7.05. The number of carboxylic acid groups (broad SMARTS) is 1. The van der Waals surface area contributed by atoms with Gasteiger partial charge in [-0.1, -0.05) is 26.7 Å². The Bertz CT molecular complexity index is 608. The summed E-state index contributed by atoms with van der Waals surface area (Å²) in [5.41, 5.74) is 0.529. The third-order valence-corrected chi connectivity index (χ3v) is 5.79. The molecule has 6 nitrogen and oxygen atoms in total. The lowest BCUT2D eigenvalue weighted by Gasteiger charge is -2.33. The number of amides is 1. The van der Waals surface area contributed by atoms with E-state index >= 15 is 0 Å². The molecule has 1 aromatic heterocycles. The van der Waals surface area contributed by atoms with Crippen LogP contribution in [-0.4, -0.2) is 43.7 Å². The lowest BCUT2D eigenvalue weighted by molar-refractivity contribution is -0.141. The van der Waals surface area contributed by atoms with E-state index in [-0.39, 0.29) is 18.0 Å². The second kappa shape index (κ2) is 6.95. The Morgan fingerprint density at radius 3 is 2.67 bits per heavy atom. The maximum Gasteiger partial charge on any atom is 0.326 e. The number of carbonyl (C=O) groups is 2. The summed E-state index contributed by atoms with van der Waals surface area (Å²) in [6, 6.07) is 1.27. The first-order valence-electron chi connectivity index (χ1n) is 9.17. The van der Waals surface area contributed by atoms with Gasteiger partial charge in [0, 0.05) is 12.2 Å². The Hall–Kier alpha value is -1.85. The summed E-state index contributed by atoms with van der Waals surface area (Å²) in [5, 5.41) is 14.0. The van der Waals surface area contributed by atoms with Crippen LogP contribution < -0.4 is 0 Å². The molecule has 0 aromatic carbocycles. The van der Waals surface area contributed by atoms with Gasteiger partial charge in [-0.25, -0.2) is 4.79 Å². The molecular formula is C18H27N3O3. The number of likely N-dealkylation sites (tertiary alicyclic amines) is 1. The number of aromatic nitrogens is 2. The van der Waals surface area contributed by atoms with Gasteiger partial charge < -0.3 is 10.0 Å². The molecule has 0 unspecified atom stereocenters. The summed E-state index contributed by atoms with van der Waals surface area (Å²) in [4.78, 5) is 26.6. The molecule has 3 atom stereocenters. The summed E-state index contributed by atoms with van der Waals surface area (Å²) in [7, 11) is 0. The van der Waals surface area contributed by atoms with Crippen LogP contribution in [0.25, 0.3) is 0 Å². The van der Waals surface area contributed by atoms with Gasteiger partial charge in [-0.3, -0.25) is 9.48 Å². The van der Waals surface area contributed by atoms with Crippen LogP contribution in [0.4, 0.5) is 0 Å². The zero-order valence-corrected chi connectivity index (χ0v) is 14.5. The van der Waals surface area contributed by atoms with E-state index in [2.05, 4.69) is 18.9 Å². The molecule has 6 heteroatoms. The standard InChI is InChI=1S/C18H27N3O3/c1-3-13(4-2)21-15(9-10-19-21)17(22)20-14-8-6-5-7-12(14)11-16(20)18(23)24/h9-10,12-14,16H,3-8,11H2,1-2H3,(H,23,24)/t12-,14+,16-/m0/s1. The van der Waals surface area contributed by atoms with Gasteiger partial charge in [0.05, 0.1) is 6.04 Å². The van der Waals surface area contributed by atoms with Crippen molar-refractivity contribution in [3.63, 3.8) is 0 Å². The van der Waals surface area contributed by atoms with Crippen LogP contribution in [0.2, 0.25) is 0 Å². The molecule has 0 bridgehead atoms. The van der Waals surface area contributed by atoms with Crippen molar-refractivity contribution in [1.29, 1.82) is 0 Å². The molecule has 1 saturated carbocycles. The predicted molar refractivity (Wildman–Crippen MR) is 89.8 cm³/mol. The Morgan fingerprint density at radius 2 is 2.00 bits per heavy atom. The van der Waals surface area contributed by atoms with Crippen LogP contribution in [-0.2, 0) is 4.79 Å². The van der Waals surface area contributed by atoms with Crippen molar-refractivity contribution in [2.24, 2.45) is 5.92 Å². The minimum absolute atomic E-state index is 0.0670. The van der Waals surface area contributed by atoms with Crippen molar-refractivity contribution >= 4 is 11.9 Å². The Balaban J connectivity index is 1.93. The van der Waals surface area contributed by atoms with Crippen LogP contribution in [0, 0.1) is 5.92 Å². The first-order valence-corrected chi connectivity index (χ1v) is 9.17. The van der Waals surface area contributed by atoms with Gasteiger partial charge in [0.2, 0.25) is 0 Å². The first-order chi connectivity index (χ1) is 11.6. The van der Waals surface area contributed by atoms with Gasteiger partial charge in [0.15, 0.2) is 0 Å². The summed E-state index contributed by atoms with van der Waals surface area (Å²) in [6.45, 7) is 4.16. The summed E-state index contributed by atoms with van der Waals surface area (Å²) in [6.07, 6.45) is 8.19. The third kappa shape index (κ3) is 2.82. The van der Waals surface area contributed by atoms with Crippen molar-refractivity contribution in [1.82, 2.24) is 14.7 Å². The quantitative estimate of drug-likeness (QED) is 0.898. The molecule has 1 aliphatic heterocycles. The highest BCUT2D eigenvalue weighted by atomic mass is 16.4. The predicted octanol–water partition coefficient (Wildman–Crippen LogP) is 3.10. The molecule has 132 valence electrons. The fourth-order valence-electron chi connectivity index (χ4n) is 4.51. The number of rotatable bonds is 5. The molecule has 1 aliphatic carbocycles. The van der Waals surface area contributed by atoms with E-state index in [1.165, 1.54) is 0 Å². The lowest BCUT2D eigenvalue weighted by Crippen LogP contribution is -2.47. The molecule has 2 heterocycles. The van der Waals surface area contributed by atoms with Gasteiger partial charge in [0.1, 0.15) is 11.7 Å². The number of fused-ring (bicyclic) bond motifs is 1. The molecule has 2 aliphatic rings. The van der Waals surface area contributed by atoms with Crippen LogP contribution in [0.15, 0.2) is 12.3 Å². The number of nitrogens with zero attached hydrogens (tertiary/aromatic N) is 3. The number of carboxylic acids is 1. The van der Waals surface area contributed by atoms with Gasteiger partial charge >= 0.3 is 5.97 Å². The Morgan fingerprint density at radius 1 is 1.29 bits per heavy atom. The molecule has 0 radical (unpaired) electrons. The maximum atomic E-state index is 13.2. The summed E-state index contributed by atoms with van der Waals surface area (Å²) in [5.74, 6) is -0.721. The molecule has 2 fully saturated rings. The lowest BCUT2D eigenvalue weighted by atomic mass is 9.84. The Labute approximate surface area is 142 Å². The van der Waals surface area contributed by atoms with E-state index in [4.69, 9.17) is 0 Å². The molecule has 0 spiro atoms. The van der Waals surface area contributed by atoms with E-state index in [9.17, 15) is 14.7 Å². The van der Waals surface area contributed by atoms with E-state index < -0.39 is 12.0 Å². The minimum Gasteiger partial charge on any atom is -0.480 e. The van der Waals surface area contributed by atoms with Gasteiger partial charge in [0.25, 0.3) is 5.91 Å². The summed E-state index contributed by atoms with van der Waals surface area (Å²) >= 11 is 0. The van der Waals surface area contributed by atoms with Crippen molar-refractivity contribution in [3.8, 4) is 0 Å². The monoisotopic (exact) mass is 333 g/mol. The average molecular weight is 333 g/mol. The first kappa shape index (κ1) is 17.0. The van der Waals surface area contributed by atoms with E-state index in [0.717, 1.165) is 38.5 Å². The van der Waals surface area contributed by atoms with E-state index in [0.29, 0.717) is 18.0 Å². The molecule has 1 amide bonds. The number of hydrogen-bond acceptors (Lipinski definition) is 3.